The number of aliphatic hydroxyl groups is 1. The summed E-state index contributed by atoms with van der Waals surface area (Å²) in [4.78, 5) is 53.5. The van der Waals surface area contributed by atoms with Crippen LogP contribution < -0.4 is 15.9 Å². The van der Waals surface area contributed by atoms with Crippen molar-refractivity contribution in [1.82, 2.24) is 9.80 Å². The van der Waals surface area contributed by atoms with Crippen molar-refractivity contribution in [2.45, 2.75) is 6.04 Å². The van der Waals surface area contributed by atoms with Gasteiger partial charge in [-0.05, 0) is 36.4 Å². The second kappa shape index (κ2) is 10.9. The van der Waals surface area contributed by atoms with Gasteiger partial charge in [0.05, 0.1) is 14.2 Å². The number of hydrogen-bond acceptors (Lipinski definition) is 7. The molecule has 1 N–H and O–H groups in total. The highest BCUT2D eigenvalue weighted by molar-refractivity contribution is 7.99. The first-order valence-corrected chi connectivity index (χ1v) is 13.4. The van der Waals surface area contributed by atoms with Crippen molar-refractivity contribution in [2.24, 2.45) is 0 Å². The Hall–Kier alpha value is -4.49. The number of esters is 1. The third-order valence-corrected chi connectivity index (χ3v) is 10.7. The van der Waals surface area contributed by atoms with E-state index in [1.165, 1.54) is 7.11 Å². The average Bonchev–Trinajstić information content (AvgIpc) is 3.16. The minimum Gasteiger partial charge on any atom is -0.478 e. The van der Waals surface area contributed by atoms with Crippen LogP contribution in [-0.2, 0) is 23.9 Å². The maximum absolute atomic E-state index is 13.5. The van der Waals surface area contributed by atoms with E-state index in [2.05, 4.69) is 0 Å². The SMILES string of the molecule is COC(=O)C(/C(=C(/O)OC)[P+](c1ccccc1)(c1ccccc1)c1ccccc1)N1C(=O)C(=O)N(C)C1=O. The quantitative estimate of drug-likeness (QED) is 0.155. The maximum Gasteiger partial charge on any atom is 0.337 e. The van der Waals surface area contributed by atoms with Crippen LogP contribution >= 0.6 is 7.26 Å². The Balaban J connectivity index is 2.20. The molecule has 0 aliphatic carbocycles. The molecule has 0 aromatic heterocycles. The van der Waals surface area contributed by atoms with Crippen LogP contribution in [0.4, 0.5) is 4.79 Å². The lowest BCUT2D eigenvalue weighted by Gasteiger charge is -2.34. The lowest BCUT2D eigenvalue weighted by Crippen LogP contribution is -2.51. The third-order valence-electron chi connectivity index (χ3n) is 6.35. The Labute approximate surface area is 220 Å². The third kappa shape index (κ3) is 4.21. The summed E-state index contributed by atoms with van der Waals surface area (Å²) in [6, 6.07) is 24.6. The Morgan fingerprint density at radius 1 is 0.737 bits per heavy atom. The molecule has 9 nitrogen and oxygen atoms in total. The van der Waals surface area contributed by atoms with Gasteiger partial charge in [-0.1, -0.05) is 54.6 Å². The summed E-state index contributed by atoms with van der Waals surface area (Å²) >= 11 is 0. The highest BCUT2D eigenvalue weighted by Gasteiger charge is 2.62. The molecule has 1 saturated heterocycles. The number of carbonyl (C=O) groups excluding carboxylic acids is 4. The van der Waals surface area contributed by atoms with E-state index in [1.54, 1.807) is 0 Å². The molecular formula is C28H26N2O7P+. The zero-order valence-corrected chi connectivity index (χ0v) is 21.9. The van der Waals surface area contributed by atoms with Crippen LogP contribution in [0.2, 0.25) is 0 Å². The van der Waals surface area contributed by atoms with Crippen molar-refractivity contribution >= 4 is 47.0 Å². The standard InChI is InChI=1S/C28H25N2O7P/c1-29-24(31)25(32)30(28(29)35)22(26(33)36-2)23(27(34)37-3)38(19-13-7-4-8-14-19,20-15-9-5-10-16-20)21-17-11-6-12-18-21/h4-18,22H,1-3H3/p+1/b27-23+. The van der Waals surface area contributed by atoms with E-state index >= 15 is 0 Å². The molecular weight excluding hydrogens is 507 g/mol. The average molecular weight is 533 g/mol. The van der Waals surface area contributed by atoms with E-state index in [9.17, 15) is 24.3 Å². The van der Waals surface area contributed by atoms with Gasteiger partial charge in [0.25, 0.3) is 0 Å². The van der Waals surface area contributed by atoms with Crippen LogP contribution in [0.15, 0.2) is 102 Å². The van der Waals surface area contributed by atoms with Crippen molar-refractivity contribution in [3.63, 3.8) is 0 Å². The Morgan fingerprint density at radius 3 is 1.47 bits per heavy atom. The van der Waals surface area contributed by atoms with Gasteiger partial charge in [0.2, 0.25) is 11.4 Å². The molecule has 1 aliphatic rings. The summed E-state index contributed by atoms with van der Waals surface area (Å²) in [6.45, 7) is 0. The topological polar surface area (TPSA) is 113 Å². The Morgan fingerprint density at radius 2 is 1.16 bits per heavy atom. The molecule has 0 radical (unpaired) electrons. The van der Waals surface area contributed by atoms with Crippen molar-refractivity contribution in [2.75, 3.05) is 21.3 Å². The zero-order chi connectivity index (χ0) is 27.4. The number of hydrogen-bond donors (Lipinski definition) is 1. The summed E-state index contributed by atoms with van der Waals surface area (Å²) < 4.78 is 10.4. The van der Waals surface area contributed by atoms with Crippen molar-refractivity contribution < 1.29 is 33.8 Å². The Bertz CT molecular complexity index is 1300. The van der Waals surface area contributed by atoms with E-state index < -0.39 is 43.1 Å². The van der Waals surface area contributed by atoms with E-state index in [-0.39, 0.29) is 5.31 Å². The summed E-state index contributed by atoms with van der Waals surface area (Å²) in [5, 5.41) is 13.5. The maximum atomic E-state index is 13.5. The number of amides is 4. The van der Waals surface area contributed by atoms with Crippen LogP contribution in [0.1, 0.15) is 0 Å². The molecule has 3 aromatic carbocycles. The number of methoxy groups -OCH3 is 2. The van der Waals surface area contributed by atoms with Crippen LogP contribution in [0.3, 0.4) is 0 Å². The number of nitrogens with zero attached hydrogens (tertiary/aromatic N) is 2. The summed E-state index contributed by atoms with van der Waals surface area (Å²) in [5.74, 6) is -4.03. The second-order valence-corrected chi connectivity index (χ2v) is 11.7. The molecule has 1 aliphatic heterocycles. The molecule has 10 heteroatoms. The molecule has 3 aromatic rings. The van der Waals surface area contributed by atoms with Gasteiger partial charge in [-0.3, -0.25) is 14.5 Å². The molecule has 1 fully saturated rings. The lowest BCUT2D eigenvalue weighted by atomic mass is 10.2. The molecule has 0 bridgehead atoms. The van der Waals surface area contributed by atoms with Gasteiger partial charge in [-0.15, -0.1) is 0 Å². The number of urea groups is 1. The fraction of sp³-hybridized carbons (Fsp3) is 0.143. The minimum absolute atomic E-state index is 0.0692. The number of rotatable bonds is 8. The number of likely N-dealkylation sites (N-methyl/N-ethyl adjacent to an activating group) is 1. The van der Waals surface area contributed by atoms with Gasteiger partial charge in [0.15, 0.2) is 7.26 Å². The lowest BCUT2D eigenvalue weighted by molar-refractivity contribution is -0.150. The molecule has 4 rings (SSSR count). The zero-order valence-electron chi connectivity index (χ0n) is 21.0. The predicted octanol–water partition coefficient (Wildman–Crippen LogP) is 2.32. The molecule has 0 spiro atoms. The first-order chi connectivity index (χ1) is 18.3. The number of imide groups is 2. The van der Waals surface area contributed by atoms with Gasteiger partial charge in [0, 0.05) is 7.05 Å². The van der Waals surface area contributed by atoms with Crippen LogP contribution in [0.25, 0.3) is 0 Å². The number of benzene rings is 3. The highest BCUT2D eigenvalue weighted by atomic mass is 31.2. The number of carbonyl (C=O) groups is 4. The Kier molecular flexibility index (Phi) is 7.60. The molecule has 1 atom stereocenters. The van der Waals surface area contributed by atoms with Crippen molar-refractivity contribution in [1.29, 1.82) is 0 Å². The van der Waals surface area contributed by atoms with Gasteiger partial charge < -0.3 is 14.6 Å². The molecule has 38 heavy (non-hydrogen) atoms. The van der Waals surface area contributed by atoms with Crippen LogP contribution in [-0.4, -0.2) is 66.0 Å². The summed E-state index contributed by atoms with van der Waals surface area (Å²) in [7, 11) is 0.178. The fourth-order valence-electron chi connectivity index (χ4n) is 4.63. The smallest absolute Gasteiger partial charge is 0.337 e. The summed E-state index contributed by atoms with van der Waals surface area (Å²) in [6.07, 6.45) is 0. The fourth-order valence-corrected chi connectivity index (χ4v) is 9.18. The normalized spacial score (nSPS) is 15.3. The first kappa shape index (κ1) is 26.6. The molecule has 194 valence electrons. The summed E-state index contributed by atoms with van der Waals surface area (Å²) in [5.41, 5.74) is 0. The van der Waals surface area contributed by atoms with E-state index in [0.29, 0.717) is 25.7 Å². The van der Waals surface area contributed by atoms with Gasteiger partial charge in [-0.25, -0.2) is 14.5 Å². The molecule has 0 saturated carbocycles. The van der Waals surface area contributed by atoms with Gasteiger partial charge in [-0.2, -0.15) is 0 Å². The van der Waals surface area contributed by atoms with Crippen molar-refractivity contribution in [3.05, 3.63) is 102 Å². The predicted molar refractivity (Wildman–Crippen MR) is 143 cm³/mol. The van der Waals surface area contributed by atoms with Gasteiger partial charge in [0.1, 0.15) is 15.9 Å². The number of ether oxygens (including phenoxy) is 2. The van der Waals surface area contributed by atoms with E-state index in [4.69, 9.17) is 9.47 Å². The molecule has 1 unspecified atom stereocenters. The van der Waals surface area contributed by atoms with E-state index in [1.807, 2.05) is 91.0 Å². The largest absolute Gasteiger partial charge is 0.478 e. The second-order valence-electron chi connectivity index (χ2n) is 8.32. The van der Waals surface area contributed by atoms with E-state index in [0.717, 1.165) is 14.2 Å². The molecule has 4 amide bonds. The highest BCUT2D eigenvalue weighted by Crippen LogP contribution is 2.65. The minimum atomic E-state index is -3.28. The first-order valence-electron chi connectivity index (χ1n) is 11.6. The van der Waals surface area contributed by atoms with Crippen LogP contribution in [0.5, 0.6) is 0 Å². The monoisotopic (exact) mass is 533 g/mol. The van der Waals surface area contributed by atoms with Crippen molar-refractivity contribution in [3.8, 4) is 0 Å². The molecule has 1 heterocycles. The van der Waals surface area contributed by atoms with Crippen LogP contribution in [0, 0.1) is 0 Å². The number of aliphatic hydroxyl groups excluding tert-OH is 1. The van der Waals surface area contributed by atoms with Gasteiger partial charge >= 0.3 is 29.8 Å².